The average molecular weight is 240 g/mol. The van der Waals surface area contributed by atoms with E-state index in [0.29, 0.717) is 6.42 Å². The van der Waals surface area contributed by atoms with Crippen LogP contribution in [-0.2, 0) is 0 Å². The van der Waals surface area contributed by atoms with Gasteiger partial charge in [0, 0.05) is 12.0 Å². The fraction of sp³-hybridized carbons (Fsp3) is 0.353. The molecule has 0 aromatic heterocycles. The highest BCUT2D eigenvalue weighted by atomic mass is 16.1. The zero-order chi connectivity index (χ0) is 13.2. The van der Waals surface area contributed by atoms with Gasteiger partial charge in [-0.2, -0.15) is 0 Å². The second-order valence-electron chi connectivity index (χ2n) is 6.05. The van der Waals surface area contributed by atoms with Gasteiger partial charge in [0.05, 0.1) is 0 Å². The zero-order valence-corrected chi connectivity index (χ0v) is 11.4. The molecular weight excluding hydrogens is 220 g/mol. The second kappa shape index (κ2) is 4.93. The van der Waals surface area contributed by atoms with Crippen molar-refractivity contribution in [1.82, 2.24) is 0 Å². The summed E-state index contributed by atoms with van der Waals surface area (Å²) in [5.74, 6) is 0.246. The largest absolute Gasteiger partial charge is 0.294 e. The van der Waals surface area contributed by atoms with Gasteiger partial charge in [-0.25, -0.2) is 0 Å². The molecule has 0 bridgehead atoms. The minimum Gasteiger partial charge on any atom is -0.294 e. The number of benzene rings is 2. The topological polar surface area (TPSA) is 17.1 Å². The van der Waals surface area contributed by atoms with Crippen LogP contribution < -0.4 is 0 Å². The van der Waals surface area contributed by atoms with E-state index >= 15 is 0 Å². The fourth-order valence-corrected chi connectivity index (χ4v) is 2.00. The summed E-state index contributed by atoms with van der Waals surface area (Å²) in [6.45, 7) is 6.50. The van der Waals surface area contributed by atoms with E-state index < -0.39 is 0 Å². The minimum absolute atomic E-state index is 0.215. The van der Waals surface area contributed by atoms with E-state index in [9.17, 15) is 4.79 Å². The first-order valence-electron chi connectivity index (χ1n) is 6.48. The number of fused-ring (bicyclic) bond motifs is 1. The van der Waals surface area contributed by atoms with Crippen molar-refractivity contribution in [2.24, 2.45) is 5.41 Å². The predicted molar refractivity (Wildman–Crippen MR) is 77.0 cm³/mol. The van der Waals surface area contributed by atoms with Gasteiger partial charge in [-0.1, -0.05) is 57.2 Å². The molecule has 0 fully saturated rings. The van der Waals surface area contributed by atoms with Gasteiger partial charge in [0.15, 0.2) is 5.78 Å². The number of ketones is 1. The number of hydrogen-bond donors (Lipinski definition) is 0. The lowest BCUT2D eigenvalue weighted by molar-refractivity contribution is 0.0966. The van der Waals surface area contributed by atoms with Gasteiger partial charge in [0.25, 0.3) is 0 Å². The lowest BCUT2D eigenvalue weighted by atomic mass is 9.88. The van der Waals surface area contributed by atoms with Crippen molar-refractivity contribution in [3.63, 3.8) is 0 Å². The van der Waals surface area contributed by atoms with Crippen LogP contribution in [0.5, 0.6) is 0 Å². The average Bonchev–Trinajstić information content (AvgIpc) is 2.34. The second-order valence-corrected chi connectivity index (χ2v) is 6.05. The minimum atomic E-state index is 0.215. The molecule has 0 aliphatic heterocycles. The molecule has 0 spiro atoms. The molecule has 0 saturated heterocycles. The highest BCUT2D eigenvalue weighted by Gasteiger charge is 2.14. The van der Waals surface area contributed by atoms with Crippen LogP contribution in [0.2, 0.25) is 0 Å². The molecule has 2 rings (SSSR count). The molecule has 0 heterocycles. The SMILES string of the molecule is CC(C)(C)CCC(=O)c1ccc2ccccc2c1. The first-order valence-corrected chi connectivity index (χ1v) is 6.48. The molecule has 0 aliphatic rings. The van der Waals surface area contributed by atoms with Gasteiger partial charge in [0.2, 0.25) is 0 Å². The van der Waals surface area contributed by atoms with Crippen molar-refractivity contribution in [3.8, 4) is 0 Å². The molecular formula is C17H20O. The zero-order valence-electron chi connectivity index (χ0n) is 11.4. The standard InChI is InChI=1S/C17H20O/c1-17(2,3)11-10-16(18)15-9-8-13-6-4-5-7-14(13)12-15/h4-9,12H,10-11H2,1-3H3. The Kier molecular flexibility index (Phi) is 3.51. The Hall–Kier alpha value is -1.63. The molecule has 0 N–H and O–H groups in total. The number of rotatable bonds is 3. The van der Waals surface area contributed by atoms with Crippen LogP contribution in [0.1, 0.15) is 44.0 Å². The molecule has 2 aromatic rings. The first-order chi connectivity index (χ1) is 8.46. The van der Waals surface area contributed by atoms with Crippen molar-refractivity contribution in [2.45, 2.75) is 33.6 Å². The van der Waals surface area contributed by atoms with Crippen LogP contribution in [-0.4, -0.2) is 5.78 Å². The normalized spacial score (nSPS) is 11.7. The summed E-state index contributed by atoms with van der Waals surface area (Å²) in [5, 5.41) is 2.32. The van der Waals surface area contributed by atoms with Crippen molar-refractivity contribution in [2.75, 3.05) is 0 Å². The Labute approximate surface area is 109 Å². The lowest BCUT2D eigenvalue weighted by Crippen LogP contribution is -2.09. The van der Waals surface area contributed by atoms with E-state index in [2.05, 4.69) is 32.9 Å². The maximum absolute atomic E-state index is 12.1. The van der Waals surface area contributed by atoms with E-state index in [-0.39, 0.29) is 11.2 Å². The summed E-state index contributed by atoms with van der Waals surface area (Å²) < 4.78 is 0. The van der Waals surface area contributed by atoms with Crippen LogP contribution >= 0.6 is 0 Å². The van der Waals surface area contributed by atoms with Crippen LogP contribution in [0.4, 0.5) is 0 Å². The van der Waals surface area contributed by atoms with Crippen molar-refractivity contribution in [3.05, 3.63) is 48.0 Å². The molecule has 0 atom stereocenters. The molecule has 94 valence electrons. The molecule has 0 radical (unpaired) electrons. The van der Waals surface area contributed by atoms with E-state index in [0.717, 1.165) is 17.4 Å². The molecule has 0 aliphatic carbocycles. The lowest BCUT2D eigenvalue weighted by Gasteiger charge is -2.17. The highest BCUT2D eigenvalue weighted by Crippen LogP contribution is 2.23. The monoisotopic (exact) mass is 240 g/mol. The highest BCUT2D eigenvalue weighted by molar-refractivity contribution is 5.99. The van der Waals surface area contributed by atoms with Gasteiger partial charge in [-0.3, -0.25) is 4.79 Å². The summed E-state index contributed by atoms with van der Waals surface area (Å²) in [6.07, 6.45) is 1.56. The Balaban J connectivity index is 2.18. The van der Waals surface area contributed by atoms with Gasteiger partial charge in [-0.15, -0.1) is 0 Å². The van der Waals surface area contributed by atoms with E-state index in [1.165, 1.54) is 5.39 Å². The maximum atomic E-state index is 12.1. The fourth-order valence-electron chi connectivity index (χ4n) is 2.00. The third-order valence-corrected chi connectivity index (χ3v) is 3.17. The first kappa shape index (κ1) is 12.8. The summed E-state index contributed by atoms with van der Waals surface area (Å²) in [5.41, 5.74) is 1.05. The van der Waals surface area contributed by atoms with Crippen molar-refractivity contribution in [1.29, 1.82) is 0 Å². The van der Waals surface area contributed by atoms with E-state index in [1.54, 1.807) is 0 Å². The van der Waals surface area contributed by atoms with Crippen molar-refractivity contribution >= 4 is 16.6 Å². The molecule has 0 unspecified atom stereocenters. The van der Waals surface area contributed by atoms with E-state index in [4.69, 9.17) is 0 Å². The molecule has 0 amide bonds. The molecule has 0 saturated carbocycles. The summed E-state index contributed by atoms with van der Waals surface area (Å²) in [6, 6.07) is 14.1. The number of Topliss-reactive ketones (excluding diaryl/α,β-unsaturated/α-hetero) is 1. The van der Waals surface area contributed by atoms with Crippen LogP contribution in [0.3, 0.4) is 0 Å². The maximum Gasteiger partial charge on any atom is 0.162 e. The van der Waals surface area contributed by atoms with Gasteiger partial charge >= 0.3 is 0 Å². The van der Waals surface area contributed by atoms with Gasteiger partial charge in [0.1, 0.15) is 0 Å². The number of carbonyl (C=O) groups excluding carboxylic acids is 1. The molecule has 1 heteroatoms. The van der Waals surface area contributed by atoms with Gasteiger partial charge in [-0.05, 0) is 28.7 Å². The van der Waals surface area contributed by atoms with Gasteiger partial charge < -0.3 is 0 Å². The third-order valence-electron chi connectivity index (χ3n) is 3.17. The van der Waals surface area contributed by atoms with Crippen LogP contribution in [0.25, 0.3) is 10.8 Å². The summed E-state index contributed by atoms with van der Waals surface area (Å²) in [4.78, 5) is 12.1. The quantitative estimate of drug-likeness (QED) is 0.701. The van der Waals surface area contributed by atoms with Crippen LogP contribution in [0.15, 0.2) is 42.5 Å². The Morgan fingerprint density at radius 2 is 1.67 bits per heavy atom. The number of carbonyl (C=O) groups is 1. The Morgan fingerprint density at radius 3 is 2.33 bits per heavy atom. The van der Waals surface area contributed by atoms with E-state index in [1.807, 2.05) is 30.3 Å². The molecule has 1 nitrogen and oxygen atoms in total. The summed E-state index contributed by atoms with van der Waals surface area (Å²) in [7, 11) is 0. The molecule has 18 heavy (non-hydrogen) atoms. The smallest absolute Gasteiger partial charge is 0.162 e. The molecule has 2 aromatic carbocycles. The van der Waals surface area contributed by atoms with Crippen molar-refractivity contribution < 1.29 is 4.79 Å². The Bertz CT molecular complexity index is 561. The third kappa shape index (κ3) is 3.19. The predicted octanol–water partition coefficient (Wildman–Crippen LogP) is 4.85. The van der Waals surface area contributed by atoms with Crippen LogP contribution in [0, 0.1) is 5.41 Å². The Morgan fingerprint density at radius 1 is 1.00 bits per heavy atom. The summed E-state index contributed by atoms with van der Waals surface area (Å²) >= 11 is 0. The number of hydrogen-bond acceptors (Lipinski definition) is 1.